The van der Waals surface area contributed by atoms with Gasteiger partial charge in [0.05, 0.1) is 13.2 Å². The third-order valence-electron chi connectivity index (χ3n) is 4.02. The molecule has 1 aliphatic heterocycles. The summed E-state index contributed by atoms with van der Waals surface area (Å²) in [4.78, 5) is 13.9. The van der Waals surface area contributed by atoms with Crippen molar-refractivity contribution in [2.75, 3.05) is 26.3 Å². The molecule has 1 rings (SSSR count). The second-order valence-corrected chi connectivity index (χ2v) is 6.21. The zero-order valence-corrected chi connectivity index (χ0v) is 13.3. The number of rotatable bonds is 8. The molecule has 0 aromatic carbocycles. The van der Waals surface area contributed by atoms with Crippen LogP contribution in [0.15, 0.2) is 0 Å². The Hall–Kier alpha value is -0.650. The quantitative estimate of drug-likeness (QED) is 0.711. The van der Waals surface area contributed by atoms with Crippen LogP contribution in [0.3, 0.4) is 0 Å². The number of ether oxygens (including phenoxy) is 1. The molecule has 0 saturated carbocycles. The zero-order chi connectivity index (χ0) is 15.2. The van der Waals surface area contributed by atoms with E-state index in [1.54, 1.807) is 6.92 Å². The van der Waals surface area contributed by atoms with Crippen LogP contribution in [0.1, 0.15) is 47.0 Å². The van der Waals surface area contributed by atoms with Crippen molar-refractivity contribution >= 4 is 5.97 Å². The van der Waals surface area contributed by atoms with Crippen molar-refractivity contribution < 1.29 is 14.6 Å². The zero-order valence-electron chi connectivity index (χ0n) is 13.3. The topological polar surface area (TPSA) is 61.8 Å². The van der Waals surface area contributed by atoms with Crippen molar-refractivity contribution in [2.45, 2.75) is 64.6 Å². The molecule has 20 heavy (non-hydrogen) atoms. The Balaban J connectivity index is 2.45. The van der Waals surface area contributed by atoms with Gasteiger partial charge in [0.15, 0.2) is 0 Å². The summed E-state index contributed by atoms with van der Waals surface area (Å²) in [5, 5.41) is 12.6. The molecule has 5 heteroatoms. The summed E-state index contributed by atoms with van der Waals surface area (Å²) in [6, 6.07) is 0.653. The van der Waals surface area contributed by atoms with Crippen LogP contribution in [-0.2, 0) is 9.53 Å². The number of nitrogens with zero attached hydrogens (tertiary/aromatic N) is 1. The molecule has 0 spiro atoms. The number of carboxylic acid groups (broad SMARTS) is 1. The van der Waals surface area contributed by atoms with Gasteiger partial charge in [0.1, 0.15) is 5.54 Å². The second-order valence-electron chi connectivity index (χ2n) is 6.21. The van der Waals surface area contributed by atoms with Crippen LogP contribution in [0.2, 0.25) is 0 Å². The molecule has 118 valence electrons. The molecule has 1 saturated heterocycles. The number of nitrogens with one attached hydrogen (secondary N) is 1. The lowest BCUT2D eigenvalue weighted by molar-refractivity contribution is -0.144. The lowest BCUT2D eigenvalue weighted by atomic mass is 9.94. The fourth-order valence-electron chi connectivity index (χ4n) is 2.87. The lowest BCUT2D eigenvalue weighted by Gasteiger charge is -2.36. The molecule has 0 aromatic rings. The molecule has 0 aromatic heterocycles. The van der Waals surface area contributed by atoms with Crippen molar-refractivity contribution in [1.29, 1.82) is 0 Å². The number of morpholine rings is 1. The first-order valence-electron chi connectivity index (χ1n) is 7.72. The molecule has 0 amide bonds. The minimum absolute atomic E-state index is 0.169. The third kappa shape index (κ3) is 5.04. The van der Waals surface area contributed by atoms with Crippen molar-refractivity contribution in [3.63, 3.8) is 0 Å². The van der Waals surface area contributed by atoms with E-state index in [0.717, 1.165) is 39.1 Å². The van der Waals surface area contributed by atoms with E-state index in [0.29, 0.717) is 12.5 Å². The van der Waals surface area contributed by atoms with Gasteiger partial charge in [-0.3, -0.25) is 15.0 Å². The van der Waals surface area contributed by atoms with Crippen LogP contribution in [0.4, 0.5) is 0 Å². The van der Waals surface area contributed by atoms with Gasteiger partial charge in [-0.2, -0.15) is 0 Å². The maximum atomic E-state index is 11.5. The second kappa shape index (κ2) is 7.96. The Morgan fingerprint density at radius 1 is 1.55 bits per heavy atom. The Kier molecular flexibility index (Phi) is 6.92. The van der Waals surface area contributed by atoms with E-state index in [4.69, 9.17) is 4.74 Å². The Labute approximate surface area is 122 Å². The summed E-state index contributed by atoms with van der Waals surface area (Å²) in [5.74, 6) is -0.764. The number of carbonyl (C=O) groups is 1. The molecule has 2 unspecified atom stereocenters. The maximum absolute atomic E-state index is 11.5. The predicted octanol–water partition coefficient (Wildman–Crippen LogP) is 1.72. The molecule has 1 fully saturated rings. The SMILES string of the molecule is CCC1COCCN1CCCC(C)(NC(C)C)C(=O)O. The number of hydrogen-bond donors (Lipinski definition) is 2. The highest BCUT2D eigenvalue weighted by Crippen LogP contribution is 2.17. The van der Waals surface area contributed by atoms with Gasteiger partial charge >= 0.3 is 5.97 Å². The summed E-state index contributed by atoms with van der Waals surface area (Å²) in [7, 11) is 0. The van der Waals surface area contributed by atoms with Crippen molar-refractivity contribution in [3.05, 3.63) is 0 Å². The summed E-state index contributed by atoms with van der Waals surface area (Å²) in [6.45, 7) is 11.4. The largest absolute Gasteiger partial charge is 0.480 e. The first-order valence-corrected chi connectivity index (χ1v) is 7.72. The highest BCUT2D eigenvalue weighted by molar-refractivity contribution is 5.78. The van der Waals surface area contributed by atoms with Crippen LogP contribution in [0.25, 0.3) is 0 Å². The highest BCUT2D eigenvalue weighted by atomic mass is 16.5. The van der Waals surface area contributed by atoms with Gasteiger partial charge in [-0.25, -0.2) is 0 Å². The van der Waals surface area contributed by atoms with Gasteiger partial charge in [-0.15, -0.1) is 0 Å². The van der Waals surface area contributed by atoms with E-state index < -0.39 is 11.5 Å². The van der Waals surface area contributed by atoms with Gasteiger partial charge in [0.2, 0.25) is 0 Å². The molecule has 0 bridgehead atoms. The van der Waals surface area contributed by atoms with E-state index in [1.807, 2.05) is 13.8 Å². The lowest BCUT2D eigenvalue weighted by Crippen LogP contribution is -2.53. The maximum Gasteiger partial charge on any atom is 0.323 e. The number of carboxylic acids is 1. The average molecular weight is 286 g/mol. The van der Waals surface area contributed by atoms with E-state index in [1.165, 1.54) is 0 Å². The van der Waals surface area contributed by atoms with E-state index in [9.17, 15) is 9.90 Å². The summed E-state index contributed by atoms with van der Waals surface area (Å²) in [5.41, 5.74) is -0.831. The van der Waals surface area contributed by atoms with Gasteiger partial charge in [0.25, 0.3) is 0 Å². The van der Waals surface area contributed by atoms with Gasteiger partial charge in [0, 0.05) is 18.6 Å². The number of aliphatic carboxylic acids is 1. The molecular formula is C15H30N2O3. The van der Waals surface area contributed by atoms with Crippen LogP contribution in [0, 0.1) is 0 Å². The van der Waals surface area contributed by atoms with E-state index in [2.05, 4.69) is 17.1 Å². The Morgan fingerprint density at radius 2 is 2.25 bits per heavy atom. The van der Waals surface area contributed by atoms with Crippen LogP contribution < -0.4 is 5.32 Å². The van der Waals surface area contributed by atoms with Gasteiger partial charge in [-0.1, -0.05) is 6.92 Å². The van der Waals surface area contributed by atoms with Crippen molar-refractivity contribution in [2.24, 2.45) is 0 Å². The first-order chi connectivity index (χ1) is 9.39. The predicted molar refractivity (Wildman–Crippen MR) is 80.0 cm³/mol. The Bertz CT molecular complexity index is 309. The standard InChI is InChI=1S/C15H30N2O3/c1-5-13-11-20-10-9-17(13)8-6-7-15(4,14(18)19)16-12(2)3/h12-13,16H,5-11H2,1-4H3,(H,18,19). The molecule has 1 heterocycles. The molecule has 2 atom stereocenters. The fourth-order valence-corrected chi connectivity index (χ4v) is 2.87. The van der Waals surface area contributed by atoms with Gasteiger partial charge in [-0.05, 0) is 46.6 Å². The van der Waals surface area contributed by atoms with Crippen LogP contribution in [-0.4, -0.2) is 59.9 Å². The Morgan fingerprint density at radius 3 is 2.80 bits per heavy atom. The van der Waals surface area contributed by atoms with Gasteiger partial charge < -0.3 is 9.84 Å². The van der Waals surface area contributed by atoms with Crippen LogP contribution >= 0.6 is 0 Å². The molecular weight excluding hydrogens is 256 g/mol. The summed E-state index contributed by atoms with van der Waals surface area (Å²) < 4.78 is 5.49. The highest BCUT2D eigenvalue weighted by Gasteiger charge is 2.33. The molecule has 2 N–H and O–H groups in total. The van der Waals surface area contributed by atoms with E-state index in [-0.39, 0.29) is 6.04 Å². The summed E-state index contributed by atoms with van der Waals surface area (Å²) >= 11 is 0. The monoisotopic (exact) mass is 286 g/mol. The van der Waals surface area contributed by atoms with Crippen molar-refractivity contribution in [3.8, 4) is 0 Å². The minimum atomic E-state index is -0.831. The van der Waals surface area contributed by atoms with E-state index >= 15 is 0 Å². The smallest absolute Gasteiger partial charge is 0.323 e. The molecule has 5 nitrogen and oxygen atoms in total. The first kappa shape index (κ1) is 17.4. The number of hydrogen-bond acceptors (Lipinski definition) is 4. The molecule has 0 aliphatic carbocycles. The third-order valence-corrected chi connectivity index (χ3v) is 4.02. The fraction of sp³-hybridized carbons (Fsp3) is 0.933. The normalized spacial score (nSPS) is 23.8. The average Bonchev–Trinajstić information content (AvgIpc) is 2.38. The molecule has 1 aliphatic rings. The van der Waals surface area contributed by atoms with Crippen LogP contribution in [0.5, 0.6) is 0 Å². The molecule has 0 radical (unpaired) electrons. The van der Waals surface area contributed by atoms with Crippen molar-refractivity contribution in [1.82, 2.24) is 10.2 Å². The minimum Gasteiger partial charge on any atom is -0.480 e. The summed E-state index contributed by atoms with van der Waals surface area (Å²) in [6.07, 6.45) is 2.62.